The van der Waals surface area contributed by atoms with Gasteiger partial charge in [-0.3, -0.25) is 4.90 Å². The van der Waals surface area contributed by atoms with E-state index in [1.54, 1.807) is 12.1 Å². The van der Waals surface area contributed by atoms with Crippen LogP contribution in [0.25, 0.3) is 11.3 Å². The van der Waals surface area contributed by atoms with Gasteiger partial charge in [-0.05, 0) is 77.5 Å². The molecule has 11 heteroatoms. The summed E-state index contributed by atoms with van der Waals surface area (Å²) in [5.74, 6) is -0.385. The Kier molecular flexibility index (Phi) is 8.14. The van der Waals surface area contributed by atoms with Gasteiger partial charge in [0.1, 0.15) is 5.60 Å². The Morgan fingerprint density at radius 1 is 1.23 bits per heavy atom. The fourth-order valence-electron chi connectivity index (χ4n) is 7.36. The van der Waals surface area contributed by atoms with Gasteiger partial charge in [-0.25, -0.2) is 9.18 Å². The van der Waals surface area contributed by atoms with Gasteiger partial charge in [0.25, 0.3) is 0 Å². The summed E-state index contributed by atoms with van der Waals surface area (Å²) in [6, 6.07) is 7.03. The normalized spacial score (nSPS) is 25.9. The highest BCUT2D eigenvalue weighted by molar-refractivity contribution is 5.77. The number of carbonyl (C=O) groups is 1. The number of aromatic nitrogens is 2. The molecule has 1 amide bonds. The van der Waals surface area contributed by atoms with Crippen molar-refractivity contribution in [2.75, 3.05) is 49.5 Å². The second-order valence-corrected chi connectivity index (χ2v) is 13.5. The number of anilines is 2. The number of phenols is 1. The van der Waals surface area contributed by atoms with Crippen molar-refractivity contribution in [1.29, 1.82) is 0 Å². The number of aromatic hydroxyl groups is 1. The standard InChI is InChI=1S/C32H45FN6O4/c1-5-32-17-22(18-39(32)27-16-26(35-36-29(27)34-20-32)24-9-6-10-25(33)28(24)40)38(19-23-8-7-15-42-23)21-11-13-37(14-12-21)30(41)43-31(2,3)4/h6,9-10,16,21-23,40H,5,7-8,11-15,17-20H2,1-4H3,(H,34,36)/t22-,23?,32-/m1/s1. The van der Waals surface area contributed by atoms with Crippen molar-refractivity contribution in [1.82, 2.24) is 20.0 Å². The van der Waals surface area contributed by atoms with E-state index in [9.17, 15) is 14.3 Å². The molecule has 1 aromatic heterocycles. The maximum absolute atomic E-state index is 14.2. The number of benzene rings is 1. The molecule has 3 saturated heterocycles. The molecule has 3 fully saturated rings. The first kappa shape index (κ1) is 29.9. The summed E-state index contributed by atoms with van der Waals surface area (Å²) in [5.41, 5.74) is 1.08. The fraction of sp³-hybridized carbons (Fsp3) is 0.656. The van der Waals surface area contributed by atoms with E-state index in [0.717, 1.165) is 70.5 Å². The topological polar surface area (TPSA) is 103 Å². The number of halogens is 1. The monoisotopic (exact) mass is 596 g/mol. The van der Waals surface area contributed by atoms with E-state index in [2.05, 4.69) is 32.2 Å². The number of hydrogen-bond acceptors (Lipinski definition) is 9. The van der Waals surface area contributed by atoms with Gasteiger partial charge in [0.05, 0.1) is 23.0 Å². The first-order valence-corrected chi connectivity index (χ1v) is 15.8. The van der Waals surface area contributed by atoms with Crippen molar-refractivity contribution < 1.29 is 23.8 Å². The van der Waals surface area contributed by atoms with Crippen LogP contribution in [0.5, 0.6) is 5.75 Å². The number of fused-ring (bicyclic) bond motifs is 3. The summed E-state index contributed by atoms with van der Waals surface area (Å²) in [7, 11) is 0. The van der Waals surface area contributed by atoms with E-state index >= 15 is 0 Å². The number of para-hydroxylation sites is 1. The smallest absolute Gasteiger partial charge is 0.410 e. The van der Waals surface area contributed by atoms with Crippen LogP contribution < -0.4 is 10.2 Å². The number of ether oxygens (including phenoxy) is 2. The first-order valence-electron chi connectivity index (χ1n) is 15.8. The molecule has 0 spiro atoms. The minimum Gasteiger partial charge on any atom is -0.504 e. The van der Waals surface area contributed by atoms with Crippen molar-refractivity contribution in [3.05, 3.63) is 30.1 Å². The SMILES string of the molecule is CC[C@@]12CNc3nnc(-c4cccc(F)c4O)cc3N1C[C@H](N(CC1CCCO1)C1CCN(C(=O)OC(C)(C)C)CC1)C2. The molecule has 5 heterocycles. The molecule has 1 unspecified atom stereocenters. The Hall–Kier alpha value is -3.18. The zero-order chi connectivity index (χ0) is 30.4. The van der Waals surface area contributed by atoms with Crippen LogP contribution in [0.4, 0.5) is 20.7 Å². The van der Waals surface area contributed by atoms with E-state index < -0.39 is 17.2 Å². The second-order valence-electron chi connectivity index (χ2n) is 13.5. The number of rotatable bonds is 6. The Morgan fingerprint density at radius 2 is 2.02 bits per heavy atom. The molecule has 2 N–H and O–H groups in total. The van der Waals surface area contributed by atoms with Crippen molar-refractivity contribution in [3.8, 4) is 17.0 Å². The van der Waals surface area contributed by atoms with Crippen LogP contribution in [0.2, 0.25) is 0 Å². The van der Waals surface area contributed by atoms with Crippen LogP contribution in [0.15, 0.2) is 24.3 Å². The molecule has 0 aliphatic carbocycles. The summed E-state index contributed by atoms with van der Waals surface area (Å²) in [6.45, 7) is 12.6. The molecule has 43 heavy (non-hydrogen) atoms. The first-order chi connectivity index (χ1) is 20.6. The number of likely N-dealkylation sites (tertiary alicyclic amines) is 1. The summed E-state index contributed by atoms with van der Waals surface area (Å²) < 4.78 is 26.0. The van der Waals surface area contributed by atoms with Crippen LogP contribution >= 0.6 is 0 Å². The van der Waals surface area contributed by atoms with Gasteiger partial charge in [0, 0.05) is 57.0 Å². The molecule has 3 atom stereocenters. The lowest BCUT2D eigenvalue weighted by atomic mass is 9.88. The zero-order valence-electron chi connectivity index (χ0n) is 25.8. The van der Waals surface area contributed by atoms with Gasteiger partial charge >= 0.3 is 6.09 Å². The van der Waals surface area contributed by atoms with E-state index in [-0.39, 0.29) is 23.8 Å². The maximum Gasteiger partial charge on any atom is 0.410 e. The fourth-order valence-corrected chi connectivity index (χ4v) is 7.36. The quantitative estimate of drug-likeness (QED) is 0.476. The summed E-state index contributed by atoms with van der Waals surface area (Å²) in [5, 5.41) is 22.7. The Bertz CT molecular complexity index is 1320. The number of carbonyl (C=O) groups excluding carboxylic acids is 1. The summed E-state index contributed by atoms with van der Waals surface area (Å²) in [4.78, 5) is 19.8. The van der Waals surface area contributed by atoms with Crippen molar-refractivity contribution in [2.45, 2.75) is 95.5 Å². The molecule has 6 rings (SSSR count). The third-order valence-electron chi connectivity index (χ3n) is 9.64. The number of nitrogens with one attached hydrogen (secondary N) is 1. The lowest BCUT2D eigenvalue weighted by Crippen LogP contribution is -2.53. The highest BCUT2D eigenvalue weighted by Gasteiger charge is 2.50. The molecule has 10 nitrogen and oxygen atoms in total. The lowest BCUT2D eigenvalue weighted by molar-refractivity contribution is -0.000138. The molecular formula is C32H45FN6O4. The largest absolute Gasteiger partial charge is 0.504 e. The second kappa shape index (κ2) is 11.7. The third kappa shape index (κ3) is 5.98. The summed E-state index contributed by atoms with van der Waals surface area (Å²) >= 11 is 0. The number of nitrogens with zero attached hydrogens (tertiary/aromatic N) is 5. The van der Waals surface area contributed by atoms with E-state index in [0.29, 0.717) is 36.2 Å². The predicted molar refractivity (Wildman–Crippen MR) is 163 cm³/mol. The molecular weight excluding hydrogens is 551 g/mol. The molecule has 2 aromatic rings. The van der Waals surface area contributed by atoms with Crippen LogP contribution in [-0.2, 0) is 9.47 Å². The van der Waals surface area contributed by atoms with Crippen LogP contribution in [0.1, 0.15) is 66.2 Å². The number of piperidine rings is 1. The van der Waals surface area contributed by atoms with Gasteiger partial charge in [0.15, 0.2) is 17.4 Å². The molecule has 0 radical (unpaired) electrons. The molecule has 0 saturated carbocycles. The van der Waals surface area contributed by atoms with Gasteiger partial charge in [-0.15, -0.1) is 10.2 Å². The highest BCUT2D eigenvalue weighted by atomic mass is 19.1. The zero-order valence-corrected chi connectivity index (χ0v) is 25.8. The Morgan fingerprint density at radius 3 is 2.72 bits per heavy atom. The Balaban J connectivity index is 1.25. The lowest BCUT2D eigenvalue weighted by Gasteiger charge is -2.44. The third-order valence-corrected chi connectivity index (χ3v) is 9.64. The Labute approximate surface area is 253 Å². The van der Waals surface area contributed by atoms with Crippen LogP contribution in [0.3, 0.4) is 0 Å². The molecule has 4 aliphatic heterocycles. The average Bonchev–Trinajstić information content (AvgIpc) is 3.65. The number of hydrogen-bond donors (Lipinski definition) is 2. The maximum atomic E-state index is 14.2. The minimum absolute atomic E-state index is 0.117. The van der Waals surface area contributed by atoms with Gasteiger partial charge in [-0.1, -0.05) is 13.0 Å². The van der Waals surface area contributed by atoms with Crippen LogP contribution in [-0.4, -0.2) is 99.9 Å². The van der Waals surface area contributed by atoms with E-state index in [1.807, 2.05) is 31.7 Å². The number of amides is 1. The number of phenolic OH excluding ortho intramolecular Hbond substituents is 1. The summed E-state index contributed by atoms with van der Waals surface area (Å²) in [6.07, 6.45) is 5.87. The van der Waals surface area contributed by atoms with Crippen LogP contribution in [0, 0.1) is 5.82 Å². The van der Waals surface area contributed by atoms with Gasteiger partial charge in [0.2, 0.25) is 0 Å². The molecule has 234 valence electrons. The van der Waals surface area contributed by atoms with Crippen molar-refractivity contribution in [3.63, 3.8) is 0 Å². The van der Waals surface area contributed by atoms with E-state index in [4.69, 9.17) is 9.47 Å². The molecule has 0 bridgehead atoms. The van der Waals surface area contributed by atoms with Gasteiger partial charge < -0.3 is 29.7 Å². The van der Waals surface area contributed by atoms with Crippen molar-refractivity contribution >= 4 is 17.6 Å². The average molecular weight is 597 g/mol. The predicted octanol–water partition coefficient (Wildman–Crippen LogP) is 5.02. The highest BCUT2D eigenvalue weighted by Crippen LogP contribution is 2.46. The van der Waals surface area contributed by atoms with Crippen molar-refractivity contribution in [2.24, 2.45) is 0 Å². The molecule has 1 aromatic carbocycles. The van der Waals surface area contributed by atoms with Gasteiger partial charge in [-0.2, -0.15) is 0 Å². The minimum atomic E-state index is -0.679. The van der Waals surface area contributed by atoms with E-state index in [1.165, 1.54) is 6.07 Å². The molecule has 4 aliphatic rings.